The van der Waals surface area contributed by atoms with E-state index in [1.165, 1.54) is 59.3 Å². The Balaban J connectivity index is 1.02. The van der Waals surface area contributed by atoms with Crippen molar-refractivity contribution >= 4 is 17.8 Å². The van der Waals surface area contributed by atoms with E-state index in [2.05, 4.69) is 15.2 Å². The fourth-order valence-corrected chi connectivity index (χ4v) is 6.07. The number of allylic oxidation sites excluding steroid dienone is 2. The second-order valence-corrected chi connectivity index (χ2v) is 11.7. The Bertz CT molecular complexity index is 1900. The zero-order chi connectivity index (χ0) is 33.7. The molecule has 7 rings (SSSR count). The van der Waals surface area contributed by atoms with E-state index in [9.17, 15) is 14.0 Å². The maximum absolute atomic E-state index is 15.4. The van der Waals surface area contributed by atoms with Gasteiger partial charge < -0.3 is 29.0 Å². The Morgan fingerprint density at radius 2 is 1.88 bits per heavy atom. The minimum absolute atomic E-state index is 0.0790. The van der Waals surface area contributed by atoms with Gasteiger partial charge in [0.25, 0.3) is 11.5 Å². The quantitative estimate of drug-likeness (QED) is 0.312. The Hall–Kier alpha value is -5.11. The first-order valence-electron chi connectivity index (χ1n) is 16.1. The van der Waals surface area contributed by atoms with Crippen molar-refractivity contribution in [2.45, 2.75) is 12.5 Å². The molecule has 1 aliphatic carbocycles. The molecule has 254 valence electrons. The number of carbonyl (C=O) groups excluding carboxylic acids is 1. The third kappa shape index (κ3) is 7.19. The van der Waals surface area contributed by atoms with Crippen LogP contribution in [0, 0.1) is 17.6 Å². The molecule has 0 spiro atoms. The van der Waals surface area contributed by atoms with Crippen molar-refractivity contribution in [1.82, 2.24) is 9.47 Å². The van der Waals surface area contributed by atoms with Crippen molar-refractivity contribution in [3.05, 3.63) is 123 Å². The molecule has 0 bridgehead atoms. The average molecular weight is 673 g/mol. The van der Waals surface area contributed by atoms with Crippen molar-refractivity contribution < 1.29 is 37.3 Å². The summed E-state index contributed by atoms with van der Waals surface area (Å²) in [5.41, 5.74) is 0.363. The zero-order valence-corrected chi connectivity index (χ0v) is 26.5. The standard InChI is InChI=1S/C36H34F2N4O7/c37-23-4-7-25(8-5-23)42-13-1-3-26(36(42)44)35(43)40-24-6-9-29(27(38)21-24)49-30-10-11-39-28-22-31(33-34(32(28)30)48-20-19-47-33)46-16-2-12-41-14-17-45-18-15-41/h1,3-11,13,21-22,32,34H,2,12,14-20H2,(H,40,43). The van der Waals surface area contributed by atoms with E-state index < -0.39 is 35.1 Å². The van der Waals surface area contributed by atoms with Gasteiger partial charge in [-0.25, -0.2) is 8.78 Å². The number of dihydropyridines is 1. The Morgan fingerprint density at radius 3 is 2.69 bits per heavy atom. The molecule has 4 aliphatic rings. The average Bonchev–Trinajstić information content (AvgIpc) is 3.12. The number of morpholine rings is 1. The van der Waals surface area contributed by atoms with Gasteiger partial charge in [-0.3, -0.25) is 24.0 Å². The number of benzene rings is 2. The van der Waals surface area contributed by atoms with Crippen LogP contribution in [0.5, 0.6) is 5.75 Å². The molecule has 2 unspecified atom stereocenters. The number of nitrogens with zero attached hydrogens (tertiary/aromatic N) is 3. The van der Waals surface area contributed by atoms with Crippen LogP contribution >= 0.6 is 0 Å². The van der Waals surface area contributed by atoms with Gasteiger partial charge in [-0.2, -0.15) is 0 Å². The van der Waals surface area contributed by atoms with E-state index in [0.717, 1.165) is 45.3 Å². The summed E-state index contributed by atoms with van der Waals surface area (Å²) in [4.78, 5) is 33.0. The largest absolute Gasteiger partial charge is 0.490 e. The van der Waals surface area contributed by atoms with E-state index in [1.807, 2.05) is 6.08 Å². The van der Waals surface area contributed by atoms with Crippen LogP contribution in [0.3, 0.4) is 0 Å². The first-order valence-corrected chi connectivity index (χ1v) is 16.1. The lowest BCUT2D eigenvalue weighted by Crippen LogP contribution is -2.40. The number of ether oxygens (including phenoxy) is 5. The van der Waals surface area contributed by atoms with Crippen LogP contribution in [-0.4, -0.2) is 80.4 Å². The number of carbonyl (C=O) groups is 1. The second kappa shape index (κ2) is 14.6. The molecule has 2 aromatic carbocycles. The minimum Gasteiger partial charge on any atom is -0.490 e. The monoisotopic (exact) mass is 672 g/mol. The molecule has 49 heavy (non-hydrogen) atoms. The van der Waals surface area contributed by atoms with Gasteiger partial charge in [0.15, 0.2) is 23.1 Å². The van der Waals surface area contributed by atoms with Gasteiger partial charge in [0.1, 0.15) is 29.9 Å². The summed E-state index contributed by atoms with van der Waals surface area (Å²) >= 11 is 0. The van der Waals surface area contributed by atoms with Crippen LogP contribution in [0.15, 0.2) is 106 Å². The van der Waals surface area contributed by atoms with Gasteiger partial charge in [0.2, 0.25) is 0 Å². The maximum Gasteiger partial charge on any atom is 0.267 e. The zero-order valence-electron chi connectivity index (χ0n) is 26.5. The predicted octanol–water partition coefficient (Wildman–Crippen LogP) is 4.59. The smallest absolute Gasteiger partial charge is 0.267 e. The summed E-state index contributed by atoms with van der Waals surface area (Å²) in [6.45, 7) is 5.45. The van der Waals surface area contributed by atoms with Crippen molar-refractivity contribution in [2.24, 2.45) is 10.9 Å². The molecule has 3 aliphatic heterocycles. The third-order valence-corrected chi connectivity index (χ3v) is 8.50. The van der Waals surface area contributed by atoms with Crippen molar-refractivity contribution in [1.29, 1.82) is 0 Å². The Kier molecular flexibility index (Phi) is 9.64. The lowest BCUT2D eigenvalue weighted by atomic mass is 9.87. The Morgan fingerprint density at radius 1 is 1.04 bits per heavy atom. The molecule has 11 nitrogen and oxygen atoms in total. The molecule has 1 N–H and O–H groups in total. The normalized spacial score (nSPS) is 20.4. The topological polar surface area (TPSA) is 113 Å². The fourth-order valence-electron chi connectivity index (χ4n) is 6.07. The number of aliphatic imine (C=N–C) groups is 1. The van der Waals surface area contributed by atoms with Crippen molar-refractivity contribution in [2.75, 3.05) is 58.0 Å². The number of anilines is 1. The van der Waals surface area contributed by atoms with Gasteiger partial charge in [-0.1, -0.05) is 0 Å². The fraction of sp³-hybridized carbons (Fsp3) is 0.306. The summed E-state index contributed by atoms with van der Waals surface area (Å²) in [5.74, 6) is -0.980. The third-order valence-electron chi connectivity index (χ3n) is 8.50. The molecule has 1 aromatic heterocycles. The highest BCUT2D eigenvalue weighted by Gasteiger charge is 2.43. The molecule has 13 heteroatoms. The highest BCUT2D eigenvalue weighted by Crippen LogP contribution is 2.41. The molecule has 2 fully saturated rings. The molecule has 1 amide bonds. The number of nitrogens with one attached hydrogen (secondary N) is 1. The van der Waals surface area contributed by atoms with Gasteiger partial charge in [0.05, 0.1) is 38.0 Å². The summed E-state index contributed by atoms with van der Waals surface area (Å²) in [5, 5.41) is 2.57. The van der Waals surface area contributed by atoms with Crippen LogP contribution in [0.25, 0.3) is 5.69 Å². The van der Waals surface area contributed by atoms with Crippen LogP contribution in [0.2, 0.25) is 0 Å². The SMILES string of the molecule is O=C(Nc1ccc(OC2=CC=NC3=CC(OCCCN4CCOCC4)=C4OCCOC4C32)c(F)c1)c1cccn(-c2ccc(F)cc2)c1=O. The first-order chi connectivity index (χ1) is 23.9. The number of pyridine rings is 1. The van der Waals surface area contributed by atoms with E-state index in [-0.39, 0.29) is 17.0 Å². The summed E-state index contributed by atoms with van der Waals surface area (Å²) in [6.07, 6.45) is 6.78. The van der Waals surface area contributed by atoms with Crippen LogP contribution < -0.4 is 15.6 Å². The summed E-state index contributed by atoms with van der Waals surface area (Å²) < 4.78 is 59.9. The minimum atomic E-state index is -0.736. The summed E-state index contributed by atoms with van der Waals surface area (Å²) in [6, 6.07) is 12.2. The number of hydrogen-bond donors (Lipinski definition) is 1. The molecule has 2 saturated heterocycles. The molecule has 0 saturated carbocycles. The molecule has 3 aromatic rings. The van der Waals surface area contributed by atoms with Crippen molar-refractivity contribution in [3.63, 3.8) is 0 Å². The molecule has 0 radical (unpaired) electrons. The highest BCUT2D eigenvalue weighted by molar-refractivity contribution is 6.04. The second-order valence-electron chi connectivity index (χ2n) is 11.7. The number of hydrogen-bond acceptors (Lipinski definition) is 9. The number of rotatable bonds is 10. The summed E-state index contributed by atoms with van der Waals surface area (Å²) in [7, 11) is 0. The first kappa shape index (κ1) is 32.4. The van der Waals surface area contributed by atoms with Crippen LogP contribution in [0.4, 0.5) is 14.5 Å². The van der Waals surface area contributed by atoms with E-state index in [0.29, 0.717) is 48.5 Å². The molecular formula is C36H34F2N4O7. The number of amides is 1. The lowest BCUT2D eigenvalue weighted by molar-refractivity contribution is -0.0689. The van der Waals surface area contributed by atoms with Gasteiger partial charge in [0, 0.05) is 55.6 Å². The van der Waals surface area contributed by atoms with Crippen LogP contribution in [-0.2, 0) is 18.9 Å². The predicted molar refractivity (Wildman–Crippen MR) is 176 cm³/mol. The van der Waals surface area contributed by atoms with Crippen LogP contribution in [0.1, 0.15) is 16.8 Å². The van der Waals surface area contributed by atoms with Gasteiger partial charge in [-0.15, -0.1) is 0 Å². The van der Waals surface area contributed by atoms with E-state index in [4.69, 9.17) is 23.7 Å². The van der Waals surface area contributed by atoms with Crippen molar-refractivity contribution in [3.8, 4) is 11.4 Å². The maximum atomic E-state index is 15.4. The van der Waals surface area contributed by atoms with Gasteiger partial charge >= 0.3 is 0 Å². The Labute approximate surface area is 280 Å². The number of halogens is 2. The highest BCUT2D eigenvalue weighted by atomic mass is 19.1. The lowest BCUT2D eigenvalue weighted by Gasteiger charge is -2.38. The van der Waals surface area contributed by atoms with E-state index >= 15 is 4.39 Å². The molecule has 2 atom stereocenters. The van der Waals surface area contributed by atoms with E-state index in [1.54, 1.807) is 12.3 Å². The van der Waals surface area contributed by atoms with Gasteiger partial charge in [-0.05, 0) is 61.0 Å². The molecule has 4 heterocycles. The number of fused-ring (bicyclic) bond motifs is 3. The number of aromatic nitrogens is 1. The molecular weight excluding hydrogens is 638 g/mol.